The number of oxazole rings is 1. The Morgan fingerprint density at radius 1 is 1.29 bits per heavy atom. The molecule has 2 saturated heterocycles. The van der Waals surface area contributed by atoms with E-state index >= 15 is 0 Å². The molecule has 2 fully saturated rings. The lowest BCUT2D eigenvalue weighted by molar-refractivity contribution is 0.159. The van der Waals surface area contributed by atoms with Gasteiger partial charge in [0.05, 0.1) is 5.69 Å². The summed E-state index contributed by atoms with van der Waals surface area (Å²) in [6.07, 6.45) is 1.09. The number of aryl methyl sites for hydroxylation is 1. The zero-order valence-corrected chi connectivity index (χ0v) is 13.5. The molecule has 5 nitrogen and oxygen atoms in total. The van der Waals surface area contributed by atoms with Gasteiger partial charge in [0.1, 0.15) is 17.4 Å². The van der Waals surface area contributed by atoms with E-state index in [1.165, 1.54) is 12.1 Å². The number of nitrogens with zero attached hydrogens (tertiary/aromatic N) is 2. The van der Waals surface area contributed by atoms with Gasteiger partial charge in [0, 0.05) is 49.8 Å². The molecule has 7 heteroatoms. The van der Waals surface area contributed by atoms with Crippen molar-refractivity contribution in [2.75, 3.05) is 19.6 Å². The summed E-state index contributed by atoms with van der Waals surface area (Å²) in [6.45, 7) is 5.50. The van der Waals surface area contributed by atoms with Crippen LogP contribution < -0.4 is 10.9 Å². The van der Waals surface area contributed by atoms with Crippen LogP contribution in [0.25, 0.3) is 11.5 Å². The minimum atomic E-state index is -0.634. The molecule has 1 aromatic heterocycles. The molecular weight excluding hydrogens is 314 g/mol. The third-order valence-electron chi connectivity index (χ3n) is 4.85. The molecule has 1 aromatic carbocycles. The van der Waals surface area contributed by atoms with E-state index in [-0.39, 0.29) is 5.89 Å². The Bertz CT molecular complexity index is 728. The second-order valence-electron chi connectivity index (χ2n) is 6.60. The highest BCUT2D eigenvalue weighted by atomic mass is 19.1. The first-order valence-electron chi connectivity index (χ1n) is 8.22. The van der Waals surface area contributed by atoms with Crippen molar-refractivity contribution in [1.29, 1.82) is 0 Å². The molecular formula is C17H20F2N4O. The van der Waals surface area contributed by atoms with Crippen LogP contribution in [0, 0.1) is 24.5 Å². The van der Waals surface area contributed by atoms with Gasteiger partial charge in [-0.05, 0) is 25.5 Å². The van der Waals surface area contributed by atoms with Gasteiger partial charge in [-0.25, -0.2) is 13.8 Å². The molecule has 0 radical (unpaired) electrons. The van der Waals surface area contributed by atoms with Crippen molar-refractivity contribution in [3.63, 3.8) is 0 Å². The summed E-state index contributed by atoms with van der Waals surface area (Å²) in [5, 5.41) is 0. The Balaban J connectivity index is 1.51. The van der Waals surface area contributed by atoms with E-state index in [0.717, 1.165) is 37.8 Å². The maximum absolute atomic E-state index is 13.4. The topological polar surface area (TPSA) is 53.3 Å². The van der Waals surface area contributed by atoms with Gasteiger partial charge < -0.3 is 4.42 Å². The van der Waals surface area contributed by atoms with Gasteiger partial charge in [-0.15, -0.1) is 0 Å². The average Bonchev–Trinajstić information content (AvgIpc) is 3.13. The highest BCUT2D eigenvalue weighted by Crippen LogP contribution is 2.26. The monoisotopic (exact) mass is 334 g/mol. The predicted molar refractivity (Wildman–Crippen MR) is 84.9 cm³/mol. The van der Waals surface area contributed by atoms with E-state index < -0.39 is 11.6 Å². The Morgan fingerprint density at radius 2 is 2.08 bits per heavy atom. The standard InChI is InChI=1S/C17H20F2N4O/c1-10-16(9-23-3-2-15-12(8-23)7-20-22-15)21-17(24-10)11-4-13(18)6-14(19)5-11/h4-6,12,15,20,22H,2-3,7-9H2,1H3. The van der Waals surface area contributed by atoms with Gasteiger partial charge in [-0.2, -0.15) is 0 Å². The van der Waals surface area contributed by atoms with Gasteiger partial charge in [0.25, 0.3) is 0 Å². The SMILES string of the molecule is Cc1oc(-c2cc(F)cc(F)c2)nc1CN1CCC2NNCC2C1. The number of rotatable bonds is 3. The number of nitrogens with one attached hydrogen (secondary N) is 2. The summed E-state index contributed by atoms with van der Waals surface area (Å²) in [5.41, 5.74) is 7.67. The summed E-state index contributed by atoms with van der Waals surface area (Å²) in [6, 6.07) is 3.86. The van der Waals surface area contributed by atoms with E-state index in [1.807, 2.05) is 6.92 Å². The molecule has 2 aliphatic rings. The first kappa shape index (κ1) is 15.7. The van der Waals surface area contributed by atoms with Crippen molar-refractivity contribution in [3.8, 4) is 11.5 Å². The molecule has 0 spiro atoms. The van der Waals surface area contributed by atoms with Crippen molar-refractivity contribution < 1.29 is 13.2 Å². The van der Waals surface area contributed by atoms with E-state index in [2.05, 4.69) is 20.7 Å². The van der Waals surface area contributed by atoms with E-state index in [9.17, 15) is 8.78 Å². The Hall–Kier alpha value is -1.83. The molecule has 2 unspecified atom stereocenters. The number of likely N-dealkylation sites (tertiary alicyclic amines) is 1. The van der Waals surface area contributed by atoms with Crippen molar-refractivity contribution in [2.24, 2.45) is 5.92 Å². The highest BCUT2D eigenvalue weighted by molar-refractivity contribution is 5.53. The van der Waals surface area contributed by atoms with Crippen LogP contribution >= 0.6 is 0 Å². The maximum Gasteiger partial charge on any atom is 0.226 e. The third-order valence-corrected chi connectivity index (χ3v) is 4.85. The molecule has 24 heavy (non-hydrogen) atoms. The van der Waals surface area contributed by atoms with Crippen LogP contribution in [0.3, 0.4) is 0 Å². The van der Waals surface area contributed by atoms with Crippen molar-refractivity contribution >= 4 is 0 Å². The second kappa shape index (κ2) is 6.23. The lowest BCUT2D eigenvalue weighted by atomic mass is 9.94. The molecule has 2 aliphatic heterocycles. The van der Waals surface area contributed by atoms with Crippen LogP contribution in [0.2, 0.25) is 0 Å². The summed E-state index contributed by atoms with van der Waals surface area (Å²) in [5.74, 6) is 0.290. The lowest BCUT2D eigenvalue weighted by Gasteiger charge is -2.33. The molecule has 0 bridgehead atoms. The van der Waals surface area contributed by atoms with Crippen molar-refractivity contribution in [3.05, 3.63) is 41.3 Å². The van der Waals surface area contributed by atoms with Gasteiger partial charge >= 0.3 is 0 Å². The first-order chi connectivity index (χ1) is 11.6. The predicted octanol–water partition coefficient (Wildman–Crippen LogP) is 2.23. The second-order valence-corrected chi connectivity index (χ2v) is 6.60. The van der Waals surface area contributed by atoms with Gasteiger partial charge in [-0.3, -0.25) is 15.8 Å². The van der Waals surface area contributed by atoms with Crippen LogP contribution in [0.4, 0.5) is 8.78 Å². The quantitative estimate of drug-likeness (QED) is 0.901. The van der Waals surface area contributed by atoms with E-state index in [4.69, 9.17) is 4.42 Å². The molecule has 128 valence electrons. The van der Waals surface area contributed by atoms with Crippen LogP contribution in [-0.4, -0.2) is 35.6 Å². The molecule has 3 heterocycles. The number of benzene rings is 1. The molecule has 2 aromatic rings. The number of hydrazine groups is 1. The lowest BCUT2D eigenvalue weighted by Crippen LogP contribution is -2.44. The molecule has 0 saturated carbocycles. The van der Waals surface area contributed by atoms with Gasteiger partial charge in [-0.1, -0.05) is 0 Å². The third kappa shape index (κ3) is 3.07. The minimum absolute atomic E-state index is 0.264. The molecule has 2 atom stereocenters. The smallest absolute Gasteiger partial charge is 0.226 e. The summed E-state index contributed by atoms with van der Waals surface area (Å²) in [4.78, 5) is 6.83. The van der Waals surface area contributed by atoms with Gasteiger partial charge in [0.2, 0.25) is 5.89 Å². The van der Waals surface area contributed by atoms with Crippen LogP contribution in [0.1, 0.15) is 17.9 Å². The summed E-state index contributed by atoms with van der Waals surface area (Å²) >= 11 is 0. The molecule has 0 amide bonds. The molecule has 2 N–H and O–H groups in total. The van der Waals surface area contributed by atoms with Crippen LogP contribution in [0.15, 0.2) is 22.6 Å². The number of hydrogen-bond acceptors (Lipinski definition) is 5. The minimum Gasteiger partial charge on any atom is -0.441 e. The zero-order valence-electron chi connectivity index (χ0n) is 13.5. The highest BCUT2D eigenvalue weighted by Gasteiger charge is 2.33. The fourth-order valence-corrected chi connectivity index (χ4v) is 3.56. The number of halogens is 2. The number of hydrogen-bond donors (Lipinski definition) is 2. The van der Waals surface area contributed by atoms with Crippen LogP contribution in [0.5, 0.6) is 0 Å². The fourth-order valence-electron chi connectivity index (χ4n) is 3.56. The number of piperidine rings is 1. The largest absolute Gasteiger partial charge is 0.441 e. The first-order valence-corrected chi connectivity index (χ1v) is 8.22. The Labute approximate surface area is 139 Å². The normalized spacial score (nSPS) is 24.3. The fraction of sp³-hybridized carbons (Fsp3) is 0.471. The average molecular weight is 334 g/mol. The summed E-state index contributed by atoms with van der Waals surface area (Å²) in [7, 11) is 0. The summed E-state index contributed by atoms with van der Waals surface area (Å²) < 4.78 is 32.4. The zero-order chi connectivity index (χ0) is 16.7. The van der Waals surface area contributed by atoms with Crippen molar-refractivity contribution in [2.45, 2.75) is 25.9 Å². The van der Waals surface area contributed by atoms with Gasteiger partial charge in [0.15, 0.2) is 0 Å². The molecule has 0 aliphatic carbocycles. The molecule has 4 rings (SSSR count). The Morgan fingerprint density at radius 3 is 2.88 bits per heavy atom. The number of fused-ring (bicyclic) bond motifs is 1. The van der Waals surface area contributed by atoms with Crippen molar-refractivity contribution in [1.82, 2.24) is 20.7 Å². The number of aromatic nitrogens is 1. The van der Waals surface area contributed by atoms with Crippen LogP contribution in [-0.2, 0) is 6.54 Å². The Kier molecular flexibility index (Phi) is 4.07. The van der Waals surface area contributed by atoms with E-state index in [0.29, 0.717) is 29.8 Å². The van der Waals surface area contributed by atoms with E-state index in [1.54, 1.807) is 0 Å². The maximum atomic E-state index is 13.4.